The molecule has 4 aliphatic heterocycles. The fourth-order valence-electron chi connectivity index (χ4n) is 5.88. The Morgan fingerprint density at radius 2 is 1.71 bits per heavy atom. The van der Waals surface area contributed by atoms with E-state index in [-0.39, 0.29) is 21.2 Å². The number of rotatable bonds is 1. The number of carbonyl (C=O) groups is 1. The molecule has 5 rings (SSSR count). The molecule has 5 fully saturated rings. The summed E-state index contributed by atoms with van der Waals surface area (Å²) in [6, 6.07) is 0. The lowest BCUT2D eigenvalue weighted by molar-refractivity contribution is -0.137. The fraction of sp³-hybridized carbons (Fsp3) is 0.944. The second-order valence-corrected chi connectivity index (χ2v) is 14.5. The maximum atomic E-state index is 12.5. The number of thioether (sulfide) groups is 4. The molecule has 2 nitrogen and oxygen atoms in total. The van der Waals surface area contributed by atoms with Crippen LogP contribution in [0, 0.1) is 11.3 Å². The van der Waals surface area contributed by atoms with E-state index in [0.29, 0.717) is 10.00 Å². The summed E-state index contributed by atoms with van der Waals surface area (Å²) in [5, 5.41) is 0. The lowest BCUT2D eigenvalue weighted by Gasteiger charge is -2.48. The maximum absolute atomic E-state index is 12.5. The molecule has 134 valence electrons. The third kappa shape index (κ3) is 2.15. The molecule has 6 heteroatoms. The first-order chi connectivity index (χ1) is 11.6. The van der Waals surface area contributed by atoms with Crippen LogP contribution in [0.5, 0.6) is 0 Å². The van der Waals surface area contributed by atoms with Crippen LogP contribution in [0.1, 0.15) is 45.4 Å². The summed E-state index contributed by atoms with van der Waals surface area (Å²) in [6.45, 7) is 2.26. The zero-order chi connectivity index (χ0) is 16.5. The Hall–Kier alpha value is 1.03. The first-order valence-corrected chi connectivity index (χ1v) is 13.2. The van der Waals surface area contributed by atoms with Crippen molar-refractivity contribution in [3.05, 3.63) is 0 Å². The van der Waals surface area contributed by atoms with Gasteiger partial charge < -0.3 is 9.53 Å². The summed E-state index contributed by atoms with van der Waals surface area (Å²) in [4.78, 5) is 12.5. The van der Waals surface area contributed by atoms with E-state index in [1.807, 2.05) is 0 Å². The van der Waals surface area contributed by atoms with Crippen molar-refractivity contribution in [1.82, 2.24) is 0 Å². The van der Waals surface area contributed by atoms with Crippen LogP contribution in [0.4, 0.5) is 0 Å². The lowest BCUT2D eigenvalue weighted by atomic mass is 9.59. The Morgan fingerprint density at radius 1 is 0.958 bits per heavy atom. The van der Waals surface area contributed by atoms with Gasteiger partial charge in [0, 0.05) is 17.4 Å². The highest BCUT2D eigenvalue weighted by Gasteiger charge is 2.72. The first kappa shape index (κ1) is 17.2. The molecule has 1 aliphatic carbocycles. The molecule has 2 bridgehead atoms. The van der Waals surface area contributed by atoms with Gasteiger partial charge in [0.2, 0.25) is 0 Å². The van der Waals surface area contributed by atoms with Gasteiger partial charge in [-0.05, 0) is 57.0 Å². The molecule has 0 amide bonds. The predicted molar refractivity (Wildman–Crippen MR) is 108 cm³/mol. The molecule has 4 atom stereocenters. The Balaban J connectivity index is 1.56. The highest BCUT2D eigenvalue weighted by atomic mass is 32.2. The number of ether oxygens (including phenoxy) is 1. The van der Waals surface area contributed by atoms with E-state index in [9.17, 15) is 4.79 Å². The number of hydrogen-bond donors (Lipinski definition) is 0. The van der Waals surface area contributed by atoms with Crippen molar-refractivity contribution < 1.29 is 9.53 Å². The SMILES string of the molecule is C[C@@]12CCC3(SCCCS3)[C@@H](O1)[C@H]1CC3(CC[C@]12C=O)SCCS3. The van der Waals surface area contributed by atoms with Crippen LogP contribution in [0.15, 0.2) is 0 Å². The molecule has 0 N–H and O–H groups in total. The molecule has 0 aromatic rings. The maximum Gasteiger partial charge on any atom is 0.129 e. The molecular formula is C18H26O2S4. The fourth-order valence-corrected chi connectivity index (χ4v) is 12.7. The monoisotopic (exact) mass is 402 g/mol. The Bertz CT molecular complexity index is 543. The standard InChI is InChI=1S/C18H26O2S4/c1-15-3-6-18(23-7-2-8-24-18)14(20-15)13-11-17(21-9-10-22-17)5-4-16(13,15)12-19/h12-14H,2-11H2,1H3/t13-,14+,15+,16+/m1/s1. The van der Waals surface area contributed by atoms with Gasteiger partial charge >= 0.3 is 0 Å². The van der Waals surface area contributed by atoms with Crippen molar-refractivity contribution >= 4 is 53.3 Å². The van der Waals surface area contributed by atoms with Crippen LogP contribution in [-0.2, 0) is 9.53 Å². The van der Waals surface area contributed by atoms with Crippen LogP contribution in [0.25, 0.3) is 0 Å². The van der Waals surface area contributed by atoms with E-state index < -0.39 is 0 Å². The van der Waals surface area contributed by atoms with Gasteiger partial charge in [-0.25, -0.2) is 0 Å². The summed E-state index contributed by atoms with van der Waals surface area (Å²) in [5.74, 6) is 5.51. The summed E-state index contributed by atoms with van der Waals surface area (Å²) < 4.78 is 7.43. The zero-order valence-corrected chi connectivity index (χ0v) is 17.5. The minimum Gasteiger partial charge on any atom is -0.368 e. The van der Waals surface area contributed by atoms with Gasteiger partial charge in [-0.1, -0.05) is 0 Å². The van der Waals surface area contributed by atoms with Crippen molar-refractivity contribution in [1.29, 1.82) is 0 Å². The molecule has 5 aliphatic rings. The van der Waals surface area contributed by atoms with Crippen molar-refractivity contribution in [2.24, 2.45) is 11.3 Å². The second-order valence-electron chi connectivity index (χ2n) is 8.21. The molecule has 1 saturated carbocycles. The quantitative estimate of drug-likeness (QED) is 0.592. The Morgan fingerprint density at radius 3 is 2.42 bits per heavy atom. The van der Waals surface area contributed by atoms with Crippen molar-refractivity contribution in [3.8, 4) is 0 Å². The molecular weight excluding hydrogens is 376 g/mol. The molecule has 4 saturated heterocycles. The van der Waals surface area contributed by atoms with Gasteiger partial charge in [-0.2, -0.15) is 0 Å². The van der Waals surface area contributed by atoms with Gasteiger partial charge in [-0.15, -0.1) is 47.0 Å². The van der Waals surface area contributed by atoms with E-state index >= 15 is 0 Å². The summed E-state index contributed by atoms with van der Waals surface area (Å²) in [5.41, 5.74) is -0.446. The molecule has 2 spiro atoms. The van der Waals surface area contributed by atoms with Gasteiger partial charge in [0.15, 0.2) is 0 Å². The topological polar surface area (TPSA) is 26.3 Å². The highest BCUT2D eigenvalue weighted by Crippen LogP contribution is 2.71. The number of carbonyl (C=O) groups excluding carboxylic acids is 1. The van der Waals surface area contributed by atoms with E-state index in [4.69, 9.17) is 4.74 Å². The van der Waals surface area contributed by atoms with Gasteiger partial charge in [0.05, 0.1) is 25.3 Å². The molecule has 0 aromatic heterocycles. The normalized spacial score (nSPS) is 48.5. The predicted octanol–water partition coefficient (Wildman–Crippen LogP) is 4.67. The summed E-state index contributed by atoms with van der Waals surface area (Å²) >= 11 is 8.64. The van der Waals surface area contributed by atoms with E-state index in [2.05, 4.69) is 54.0 Å². The Labute approximate surface area is 162 Å². The number of aldehydes is 1. The summed E-state index contributed by atoms with van der Waals surface area (Å²) in [7, 11) is 0. The smallest absolute Gasteiger partial charge is 0.129 e. The average molecular weight is 403 g/mol. The highest BCUT2D eigenvalue weighted by molar-refractivity contribution is 8.21. The lowest BCUT2D eigenvalue weighted by Crippen LogP contribution is -2.51. The minimum absolute atomic E-state index is 0.219. The van der Waals surface area contributed by atoms with Crippen LogP contribution in [0.3, 0.4) is 0 Å². The van der Waals surface area contributed by atoms with Crippen molar-refractivity contribution in [3.63, 3.8) is 0 Å². The van der Waals surface area contributed by atoms with Crippen LogP contribution < -0.4 is 0 Å². The third-order valence-electron chi connectivity index (χ3n) is 7.24. The van der Waals surface area contributed by atoms with E-state index in [1.54, 1.807) is 0 Å². The molecule has 0 radical (unpaired) electrons. The van der Waals surface area contributed by atoms with Gasteiger partial charge in [-0.3, -0.25) is 0 Å². The van der Waals surface area contributed by atoms with Gasteiger partial charge in [0.1, 0.15) is 6.29 Å². The number of fused-ring (bicyclic) bond motifs is 6. The van der Waals surface area contributed by atoms with Crippen molar-refractivity contribution in [2.75, 3.05) is 23.0 Å². The Kier molecular flexibility index (Phi) is 4.12. The van der Waals surface area contributed by atoms with Crippen LogP contribution in [0.2, 0.25) is 0 Å². The van der Waals surface area contributed by atoms with Crippen LogP contribution in [-0.4, -0.2) is 49.2 Å². The molecule has 0 aromatic carbocycles. The van der Waals surface area contributed by atoms with Crippen molar-refractivity contribution in [2.45, 2.75) is 65.3 Å². The zero-order valence-electron chi connectivity index (χ0n) is 14.3. The molecule has 4 heterocycles. The second kappa shape index (κ2) is 5.76. The van der Waals surface area contributed by atoms with E-state index in [1.165, 1.54) is 55.0 Å². The average Bonchev–Trinajstić information content (AvgIpc) is 3.14. The summed E-state index contributed by atoms with van der Waals surface area (Å²) in [6.07, 6.45) is 8.64. The largest absolute Gasteiger partial charge is 0.368 e. The van der Waals surface area contributed by atoms with E-state index in [0.717, 1.165) is 12.8 Å². The molecule has 0 unspecified atom stereocenters. The van der Waals surface area contributed by atoms with Crippen LogP contribution >= 0.6 is 47.0 Å². The molecule has 24 heavy (non-hydrogen) atoms. The first-order valence-electron chi connectivity index (χ1n) is 9.27. The third-order valence-corrected chi connectivity index (χ3v) is 14.4. The minimum atomic E-state index is -0.227. The van der Waals surface area contributed by atoms with Gasteiger partial charge in [0.25, 0.3) is 0 Å². The number of hydrogen-bond acceptors (Lipinski definition) is 6.